The average Bonchev–Trinajstić information content (AvgIpc) is 2.82. The molecule has 0 aliphatic rings. The summed E-state index contributed by atoms with van der Waals surface area (Å²) in [5.74, 6) is -1.54. The molecule has 3 aromatic carbocycles. The Morgan fingerprint density at radius 3 is 1.97 bits per heavy atom. The number of ether oxygens (including phenoxy) is 1. The van der Waals surface area contributed by atoms with E-state index < -0.39 is 29.9 Å². The Labute approximate surface area is 181 Å². The molecule has 31 heavy (non-hydrogen) atoms. The van der Waals surface area contributed by atoms with Crippen LogP contribution in [-0.4, -0.2) is 23.9 Å². The zero-order valence-electron chi connectivity index (χ0n) is 17.2. The van der Waals surface area contributed by atoms with Crippen LogP contribution in [0.1, 0.15) is 34.5 Å². The fourth-order valence-corrected chi connectivity index (χ4v) is 2.95. The smallest absolute Gasteiger partial charge is 0.334 e. The summed E-state index contributed by atoms with van der Waals surface area (Å²) < 4.78 is 5.39. The number of hydrogen-bond acceptors (Lipinski definition) is 4. The largest absolute Gasteiger partial charge is 0.451 e. The zero-order valence-corrected chi connectivity index (χ0v) is 17.2. The van der Waals surface area contributed by atoms with Gasteiger partial charge in [-0.1, -0.05) is 78.9 Å². The fraction of sp³-hybridized carbons (Fsp3) is 0.160. The van der Waals surface area contributed by atoms with Crippen LogP contribution >= 0.6 is 0 Å². The summed E-state index contributed by atoms with van der Waals surface area (Å²) in [6, 6.07) is 25.8. The van der Waals surface area contributed by atoms with E-state index in [1.165, 1.54) is 6.92 Å². The number of amides is 2. The minimum atomic E-state index is -1.04. The predicted octanol–water partition coefficient (Wildman–Crippen LogP) is 3.41. The van der Waals surface area contributed by atoms with Crippen LogP contribution in [-0.2, 0) is 20.9 Å². The van der Waals surface area contributed by atoms with Gasteiger partial charge in [-0.3, -0.25) is 9.59 Å². The number of carbonyl (C=O) groups excluding carboxylic acids is 3. The molecule has 6 heteroatoms. The standard InChI is InChI=1S/C25H24N2O4/c1-18(23(28)26-17-19-11-5-2-6-12-19)31-25(30)22(20-13-7-3-8-14-20)27-24(29)21-15-9-4-10-16-21/h2-16,18,22H,17H2,1H3,(H,26,28)(H,27,29)/t18-,22-/m1/s1. The van der Waals surface area contributed by atoms with Gasteiger partial charge in [0.15, 0.2) is 12.1 Å². The van der Waals surface area contributed by atoms with Crippen molar-refractivity contribution >= 4 is 17.8 Å². The maximum Gasteiger partial charge on any atom is 0.334 e. The summed E-state index contributed by atoms with van der Waals surface area (Å²) in [4.78, 5) is 37.9. The molecule has 2 amide bonds. The van der Waals surface area contributed by atoms with Crippen molar-refractivity contribution in [1.82, 2.24) is 10.6 Å². The fourth-order valence-electron chi connectivity index (χ4n) is 2.95. The molecule has 0 aliphatic carbocycles. The summed E-state index contributed by atoms with van der Waals surface area (Å²) >= 11 is 0. The second kappa shape index (κ2) is 10.7. The molecule has 158 valence electrons. The minimum absolute atomic E-state index is 0.328. The Hall–Kier alpha value is -3.93. The number of rotatable bonds is 8. The van der Waals surface area contributed by atoms with Crippen LogP contribution < -0.4 is 10.6 Å². The molecule has 0 spiro atoms. The van der Waals surface area contributed by atoms with Crippen molar-refractivity contribution in [3.05, 3.63) is 108 Å². The summed E-state index contributed by atoms with van der Waals surface area (Å²) in [5, 5.41) is 5.45. The minimum Gasteiger partial charge on any atom is -0.451 e. The van der Waals surface area contributed by atoms with Crippen LogP contribution in [0, 0.1) is 0 Å². The van der Waals surface area contributed by atoms with Crippen LogP contribution in [0.5, 0.6) is 0 Å². The van der Waals surface area contributed by atoms with Crippen molar-refractivity contribution < 1.29 is 19.1 Å². The van der Waals surface area contributed by atoms with Gasteiger partial charge in [-0.25, -0.2) is 4.79 Å². The molecular weight excluding hydrogens is 392 g/mol. The molecule has 0 saturated carbocycles. The molecule has 0 aliphatic heterocycles. The molecule has 2 N–H and O–H groups in total. The number of benzene rings is 3. The summed E-state index contributed by atoms with van der Waals surface area (Å²) in [6.07, 6.45) is -1.02. The third-order valence-corrected chi connectivity index (χ3v) is 4.65. The molecule has 6 nitrogen and oxygen atoms in total. The summed E-state index contributed by atoms with van der Waals surface area (Å²) in [5.41, 5.74) is 1.92. The van der Waals surface area contributed by atoms with Gasteiger partial charge in [-0.2, -0.15) is 0 Å². The van der Waals surface area contributed by atoms with Gasteiger partial charge in [0.1, 0.15) is 0 Å². The quantitative estimate of drug-likeness (QED) is 0.551. The number of nitrogens with one attached hydrogen (secondary N) is 2. The first-order valence-electron chi connectivity index (χ1n) is 9.97. The van der Waals surface area contributed by atoms with Gasteiger partial charge in [0, 0.05) is 12.1 Å². The topological polar surface area (TPSA) is 84.5 Å². The second-order valence-electron chi connectivity index (χ2n) is 6.97. The molecule has 0 radical (unpaired) electrons. The highest BCUT2D eigenvalue weighted by atomic mass is 16.5. The van der Waals surface area contributed by atoms with E-state index in [-0.39, 0.29) is 0 Å². The van der Waals surface area contributed by atoms with Crippen LogP contribution in [0.2, 0.25) is 0 Å². The Morgan fingerprint density at radius 2 is 1.35 bits per heavy atom. The van der Waals surface area contributed by atoms with Gasteiger partial charge < -0.3 is 15.4 Å². The zero-order chi connectivity index (χ0) is 22.1. The van der Waals surface area contributed by atoms with Crippen LogP contribution in [0.3, 0.4) is 0 Å². The lowest BCUT2D eigenvalue weighted by Gasteiger charge is -2.21. The molecule has 3 aromatic rings. The SMILES string of the molecule is C[C@@H](OC(=O)[C@H](NC(=O)c1ccccc1)c1ccccc1)C(=O)NCc1ccccc1. The van der Waals surface area contributed by atoms with Gasteiger partial charge in [-0.05, 0) is 30.2 Å². The van der Waals surface area contributed by atoms with Crippen LogP contribution in [0.15, 0.2) is 91.0 Å². The normalized spacial score (nSPS) is 12.3. The van der Waals surface area contributed by atoms with Crippen molar-refractivity contribution in [1.29, 1.82) is 0 Å². The van der Waals surface area contributed by atoms with Gasteiger partial charge in [-0.15, -0.1) is 0 Å². The third-order valence-electron chi connectivity index (χ3n) is 4.65. The first-order valence-corrected chi connectivity index (χ1v) is 9.97. The highest BCUT2D eigenvalue weighted by Gasteiger charge is 2.28. The molecule has 0 aromatic heterocycles. The average molecular weight is 416 g/mol. The first kappa shape index (κ1) is 21.8. The van der Waals surface area contributed by atoms with Gasteiger partial charge in [0.2, 0.25) is 0 Å². The highest BCUT2D eigenvalue weighted by molar-refractivity contribution is 5.97. The lowest BCUT2D eigenvalue weighted by molar-refractivity contribution is -0.156. The van der Waals surface area contributed by atoms with E-state index in [0.29, 0.717) is 17.7 Å². The monoisotopic (exact) mass is 416 g/mol. The van der Waals surface area contributed by atoms with Crippen molar-refractivity contribution in [2.75, 3.05) is 0 Å². The molecule has 0 heterocycles. The first-order chi connectivity index (χ1) is 15.0. The third kappa shape index (κ3) is 6.27. The molecule has 0 saturated heterocycles. The van der Waals surface area contributed by atoms with E-state index >= 15 is 0 Å². The van der Waals surface area contributed by atoms with Crippen molar-refractivity contribution in [3.63, 3.8) is 0 Å². The second-order valence-corrected chi connectivity index (χ2v) is 6.97. The molecule has 0 unspecified atom stereocenters. The Morgan fingerprint density at radius 1 is 0.806 bits per heavy atom. The van der Waals surface area contributed by atoms with Gasteiger partial charge >= 0.3 is 5.97 Å². The molecule has 3 rings (SSSR count). The predicted molar refractivity (Wildman–Crippen MR) is 117 cm³/mol. The summed E-state index contributed by atoms with van der Waals surface area (Å²) in [6.45, 7) is 1.83. The van der Waals surface area contributed by atoms with E-state index in [0.717, 1.165) is 5.56 Å². The van der Waals surface area contributed by atoms with Crippen LogP contribution in [0.25, 0.3) is 0 Å². The molecule has 2 atom stereocenters. The maximum absolute atomic E-state index is 12.9. The lowest BCUT2D eigenvalue weighted by atomic mass is 10.1. The molecule has 0 fully saturated rings. The van der Waals surface area contributed by atoms with Crippen molar-refractivity contribution in [3.8, 4) is 0 Å². The Bertz CT molecular complexity index is 1010. The van der Waals surface area contributed by atoms with E-state index in [1.54, 1.807) is 54.6 Å². The van der Waals surface area contributed by atoms with E-state index in [9.17, 15) is 14.4 Å². The van der Waals surface area contributed by atoms with Gasteiger partial charge in [0.05, 0.1) is 0 Å². The molecule has 0 bridgehead atoms. The number of carbonyl (C=O) groups is 3. The van der Waals surface area contributed by atoms with Crippen molar-refractivity contribution in [2.24, 2.45) is 0 Å². The van der Waals surface area contributed by atoms with E-state index in [1.807, 2.05) is 36.4 Å². The number of hydrogen-bond donors (Lipinski definition) is 2. The maximum atomic E-state index is 12.9. The van der Waals surface area contributed by atoms with Crippen molar-refractivity contribution in [2.45, 2.75) is 25.6 Å². The Balaban J connectivity index is 1.66. The van der Waals surface area contributed by atoms with Crippen LogP contribution in [0.4, 0.5) is 0 Å². The van der Waals surface area contributed by atoms with E-state index in [4.69, 9.17) is 4.74 Å². The lowest BCUT2D eigenvalue weighted by Crippen LogP contribution is -2.40. The molecular formula is C25H24N2O4. The highest BCUT2D eigenvalue weighted by Crippen LogP contribution is 2.17. The van der Waals surface area contributed by atoms with Gasteiger partial charge in [0.25, 0.3) is 11.8 Å². The van der Waals surface area contributed by atoms with E-state index in [2.05, 4.69) is 10.6 Å². The summed E-state index contributed by atoms with van der Waals surface area (Å²) in [7, 11) is 0. The number of esters is 1. The Kier molecular flexibility index (Phi) is 7.54.